The minimum absolute atomic E-state index is 0.188. The molecule has 2 rings (SSSR count). The number of piperazine rings is 1. The number of sulfonamides is 1. The third-order valence-corrected chi connectivity index (χ3v) is 4.91. The van der Waals surface area contributed by atoms with Crippen molar-refractivity contribution in [1.29, 1.82) is 0 Å². The highest BCUT2D eigenvalue weighted by Crippen LogP contribution is 2.12. The van der Waals surface area contributed by atoms with E-state index in [0.717, 1.165) is 12.1 Å². The van der Waals surface area contributed by atoms with Gasteiger partial charge >= 0.3 is 6.03 Å². The van der Waals surface area contributed by atoms with E-state index < -0.39 is 10.0 Å². The maximum Gasteiger partial charge on any atom is 0.321 e. The molecule has 7 heteroatoms. The average molecular weight is 311 g/mol. The highest BCUT2D eigenvalue weighted by atomic mass is 32.2. The molecule has 0 unspecified atom stereocenters. The Morgan fingerprint density at radius 3 is 2.19 bits per heavy atom. The Kier molecular flexibility index (Phi) is 4.84. The zero-order valence-electron chi connectivity index (χ0n) is 12.4. The minimum Gasteiger partial charge on any atom is -0.322 e. The van der Waals surface area contributed by atoms with Crippen LogP contribution in [-0.2, 0) is 16.4 Å². The average Bonchev–Trinajstić information content (AvgIpc) is 2.47. The highest BCUT2D eigenvalue weighted by Gasteiger charge is 2.25. The van der Waals surface area contributed by atoms with Crippen LogP contribution < -0.4 is 5.32 Å². The number of carbonyl (C=O) groups is 1. The molecule has 116 valence electrons. The number of aryl methyl sites for hydroxylation is 1. The van der Waals surface area contributed by atoms with Gasteiger partial charge in [0.2, 0.25) is 10.0 Å². The zero-order valence-corrected chi connectivity index (χ0v) is 13.2. The van der Waals surface area contributed by atoms with Crippen LogP contribution in [0.15, 0.2) is 24.3 Å². The number of nitrogens with zero attached hydrogens (tertiary/aromatic N) is 2. The van der Waals surface area contributed by atoms with Gasteiger partial charge in [-0.25, -0.2) is 13.2 Å². The first kappa shape index (κ1) is 15.8. The monoisotopic (exact) mass is 311 g/mol. The Hall–Kier alpha value is -1.60. The molecule has 0 saturated carbocycles. The van der Waals surface area contributed by atoms with Crippen molar-refractivity contribution < 1.29 is 13.2 Å². The maximum atomic E-state index is 12.1. The normalized spacial score (nSPS) is 16.8. The number of urea groups is 1. The number of rotatable bonds is 3. The molecular weight excluding hydrogens is 290 g/mol. The fourth-order valence-electron chi connectivity index (χ4n) is 2.25. The molecule has 0 spiro atoms. The first-order valence-corrected chi connectivity index (χ1v) is 8.85. The van der Waals surface area contributed by atoms with Gasteiger partial charge in [-0.2, -0.15) is 4.31 Å². The Labute approximate surface area is 125 Å². The quantitative estimate of drug-likeness (QED) is 0.916. The third-order valence-electron chi connectivity index (χ3n) is 3.61. The molecule has 1 heterocycles. The van der Waals surface area contributed by atoms with Crippen LogP contribution in [0.25, 0.3) is 0 Å². The maximum absolute atomic E-state index is 12.1. The van der Waals surface area contributed by atoms with E-state index in [1.54, 1.807) is 4.90 Å². The highest BCUT2D eigenvalue weighted by molar-refractivity contribution is 7.88. The van der Waals surface area contributed by atoms with E-state index in [1.165, 1.54) is 16.1 Å². The number of hydrogen-bond acceptors (Lipinski definition) is 3. The van der Waals surface area contributed by atoms with Gasteiger partial charge in [0.15, 0.2) is 0 Å². The van der Waals surface area contributed by atoms with Gasteiger partial charge in [-0.3, -0.25) is 0 Å². The topological polar surface area (TPSA) is 69.7 Å². The summed E-state index contributed by atoms with van der Waals surface area (Å²) in [6, 6.07) is 7.54. The first-order valence-electron chi connectivity index (χ1n) is 7.00. The second-order valence-electron chi connectivity index (χ2n) is 5.13. The van der Waals surface area contributed by atoms with Gasteiger partial charge in [-0.15, -0.1) is 0 Å². The van der Waals surface area contributed by atoms with E-state index in [1.807, 2.05) is 24.3 Å². The van der Waals surface area contributed by atoms with Crippen molar-refractivity contribution in [2.24, 2.45) is 0 Å². The van der Waals surface area contributed by atoms with Crippen LogP contribution in [-0.4, -0.2) is 56.1 Å². The molecule has 0 bridgehead atoms. The van der Waals surface area contributed by atoms with Crippen molar-refractivity contribution in [2.75, 3.05) is 37.8 Å². The van der Waals surface area contributed by atoms with Gasteiger partial charge in [-0.1, -0.05) is 19.1 Å². The number of nitrogens with one attached hydrogen (secondary N) is 1. The molecule has 21 heavy (non-hydrogen) atoms. The molecule has 0 aliphatic carbocycles. The van der Waals surface area contributed by atoms with Crippen LogP contribution in [0.3, 0.4) is 0 Å². The van der Waals surface area contributed by atoms with Crippen LogP contribution in [0.5, 0.6) is 0 Å². The van der Waals surface area contributed by atoms with E-state index in [-0.39, 0.29) is 6.03 Å². The van der Waals surface area contributed by atoms with Gasteiger partial charge in [-0.05, 0) is 24.1 Å². The van der Waals surface area contributed by atoms with Gasteiger partial charge in [0.25, 0.3) is 0 Å². The van der Waals surface area contributed by atoms with E-state index in [9.17, 15) is 13.2 Å². The second-order valence-corrected chi connectivity index (χ2v) is 7.11. The third kappa shape index (κ3) is 4.18. The molecule has 1 fully saturated rings. The zero-order chi connectivity index (χ0) is 15.5. The van der Waals surface area contributed by atoms with Crippen LogP contribution >= 0.6 is 0 Å². The Morgan fingerprint density at radius 2 is 1.71 bits per heavy atom. The SMILES string of the molecule is CCc1ccc(NC(=O)N2CCN(S(C)(=O)=O)CC2)cc1. The van der Waals surface area contributed by atoms with E-state index in [2.05, 4.69) is 12.2 Å². The lowest BCUT2D eigenvalue weighted by molar-refractivity contribution is 0.184. The minimum atomic E-state index is -3.17. The van der Waals surface area contributed by atoms with Gasteiger partial charge in [0.05, 0.1) is 6.26 Å². The molecule has 6 nitrogen and oxygen atoms in total. The van der Waals surface area contributed by atoms with Crippen LogP contribution in [0.2, 0.25) is 0 Å². The van der Waals surface area contributed by atoms with Crippen molar-refractivity contribution in [3.8, 4) is 0 Å². The smallest absolute Gasteiger partial charge is 0.321 e. The van der Waals surface area contributed by atoms with Crippen LogP contribution in [0.1, 0.15) is 12.5 Å². The summed E-state index contributed by atoms with van der Waals surface area (Å²) in [5.41, 5.74) is 1.97. The van der Waals surface area contributed by atoms with Crippen LogP contribution in [0, 0.1) is 0 Å². The van der Waals surface area contributed by atoms with Crippen molar-refractivity contribution in [2.45, 2.75) is 13.3 Å². The predicted octanol–water partition coefficient (Wildman–Crippen LogP) is 1.36. The number of benzene rings is 1. The fourth-order valence-corrected chi connectivity index (χ4v) is 3.08. The molecule has 1 aliphatic rings. The number of anilines is 1. The lowest BCUT2D eigenvalue weighted by Gasteiger charge is -2.33. The summed E-state index contributed by atoms with van der Waals surface area (Å²) in [4.78, 5) is 13.8. The summed E-state index contributed by atoms with van der Waals surface area (Å²) in [5, 5.41) is 2.84. The lowest BCUT2D eigenvalue weighted by Crippen LogP contribution is -2.51. The standard InChI is InChI=1S/C14H21N3O3S/c1-3-12-4-6-13(7-5-12)15-14(18)16-8-10-17(11-9-16)21(2,19)20/h4-7H,3,8-11H2,1-2H3,(H,15,18). The summed E-state index contributed by atoms with van der Waals surface area (Å²) < 4.78 is 24.2. The molecule has 1 N–H and O–H groups in total. The van der Waals surface area contributed by atoms with Crippen molar-refractivity contribution in [1.82, 2.24) is 9.21 Å². The van der Waals surface area contributed by atoms with E-state index in [0.29, 0.717) is 26.2 Å². The summed E-state index contributed by atoms with van der Waals surface area (Å²) >= 11 is 0. The number of amides is 2. The molecule has 1 aliphatic heterocycles. The molecule has 0 radical (unpaired) electrons. The van der Waals surface area contributed by atoms with Gasteiger partial charge in [0, 0.05) is 31.9 Å². The van der Waals surface area contributed by atoms with E-state index >= 15 is 0 Å². The molecule has 1 aromatic carbocycles. The lowest BCUT2D eigenvalue weighted by atomic mass is 10.1. The Bertz CT molecular complexity index is 590. The summed E-state index contributed by atoms with van der Waals surface area (Å²) in [5.74, 6) is 0. The van der Waals surface area contributed by atoms with Crippen molar-refractivity contribution in [3.05, 3.63) is 29.8 Å². The summed E-state index contributed by atoms with van der Waals surface area (Å²) in [6.07, 6.45) is 2.15. The number of carbonyl (C=O) groups excluding carboxylic acids is 1. The largest absolute Gasteiger partial charge is 0.322 e. The van der Waals surface area contributed by atoms with Gasteiger partial charge in [0.1, 0.15) is 0 Å². The number of hydrogen-bond donors (Lipinski definition) is 1. The Morgan fingerprint density at radius 1 is 1.14 bits per heavy atom. The Balaban J connectivity index is 1.90. The van der Waals surface area contributed by atoms with Gasteiger partial charge < -0.3 is 10.2 Å². The van der Waals surface area contributed by atoms with Crippen molar-refractivity contribution >= 4 is 21.7 Å². The molecule has 0 aromatic heterocycles. The van der Waals surface area contributed by atoms with Crippen LogP contribution in [0.4, 0.5) is 10.5 Å². The van der Waals surface area contributed by atoms with E-state index in [4.69, 9.17) is 0 Å². The van der Waals surface area contributed by atoms with Crippen molar-refractivity contribution in [3.63, 3.8) is 0 Å². The predicted molar refractivity (Wildman–Crippen MR) is 82.8 cm³/mol. The first-order chi connectivity index (χ1) is 9.90. The molecule has 1 aromatic rings. The molecular formula is C14H21N3O3S. The molecule has 0 atom stereocenters. The molecule has 1 saturated heterocycles. The second kappa shape index (κ2) is 6.44. The fraction of sp³-hybridized carbons (Fsp3) is 0.500. The summed E-state index contributed by atoms with van der Waals surface area (Å²) in [6.45, 7) is 3.59. The summed E-state index contributed by atoms with van der Waals surface area (Å²) in [7, 11) is -3.17. The molecule has 2 amide bonds.